The Bertz CT molecular complexity index is 543. The Labute approximate surface area is 124 Å². The van der Waals surface area contributed by atoms with Gasteiger partial charge in [0.05, 0.1) is 16.9 Å². The summed E-state index contributed by atoms with van der Waals surface area (Å²) in [6.07, 6.45) is 0. The molecule has 1 saturated heterocycles. The summed E-state index contributed by atoms with van der Waals surface area (Å²) < 4.78 is 6.13. The molecule has 1 amide bonds. The van der Waals surface area contributed by atoms with Crippen LogP contribution in [0.25, 0.3) is 0 Å². The van der Waals surface area contributed by atoms with Crippen molar-refractivity contribution >= 4 is 33.5 Å². The van der Waals surface area contributed by atoms with Gasteiger partial charge in [0.25, 0.3) is 0 Å². The lowest BCUT2D eigenvalue weighted by molar-refractivity contribution is -0.130. The summed E-state index contributed by atoms with van der Waals surface area (Å²) in [4.78, 5) is 22.9. The minimum Gasteiger partial charge on any atom is -0.478 e. The topological polar surface area (TPSA) is 87.7 Å². The molecule has 0 atom stereocenters. The van der Waals surface area contributed by atoms with E-state index in [2.05, 4.69) is 26.6 Å². The van der Waals surface area contributed by atoms with Crippen LogP contribution in [0.3, 0.4) is 0 Å². The first kappa shape index (κ1) is 15.0. The van der Waals surface area contributed by atoms with Gasteiger partial charge in [-0.15, -0.1) is 0 Å². The molecule has 0 spiro atoms. The third-order valence-electron chi connectivity index (χ3n) is 3.04. The normalized spacial score (nSPS) is 16.3. The lowest BCUT2D eigenvalue weighted by Gasteiger charge is -2.38. The number of carbonyl (C=O) groups is 2. The predicted molar refractivity (Wildman–Crippen MR) is 77.0 cm³/mol. The molecule has 1 fully saturated rings. The summed E-state index contributed by atoms with van der Waals surface area (Å²) in [6, 6.07) is 4.65. The number of ether oxygens (including phenoxy) is 1. The molecule has 0 radical (unpaired) electrons. The monoisotopic (exact) mass is 342 g/mol. The molecule has 2 rings (SSSR count). The number of carbonyl (C=O) groups excluding carboxylic acids is 1. The van der Waals surface area contributed by atoms with Crippen LogP contribution in [0.4, 0.5) is 5.69 Å². The van der Waals surface area contributed by atoms with Crippen molar-refractivity contribution in [3.63, 3.8) is 0 Å². The maximum Gasteiger partial charge on any atom is 0.337 e. The van der Waals surface area contributed by atoms with Gasteiger partial charge < -0.3 is 20.5 Å². The number of aromatic carboxylic acids is 1. The first-order valence-electron chi connectivity index (χ1n) is 6.07. The van der Waals surface area contributed by atoms with E-state index in [4.69, 9.17) is 9.84 Å². The number of hydrogen-bond acceptors (Lipinski definition) is 4. The van der Waals surface area contributed by atoms with Crippen molar-refractivity contribution < 1.29 is 19.4 Å². The number of benzene rings is 1. The van der Waals surface area contributed by atoms with Crippen LogP contribution in [0.1, 0.15) is 17.3 Å². The first-order valence-corrected chi connectivity index (χ1v) is 6.86. The van der Waals surface area contributed by atoms with Gasteiger partial charge in [-0.3, -0.25) is 4.79 Å². The van der Waals surface area contributed by atoms with Gasteiger partial charge in [0, 0.05) is 17.6 Å². The van der Waals surface area contributed by atoms with Gasteiger partial charge in [-0.05, 0) is 25.1 Å². The number of carboxylic acid groups (broad SMARTS) is 1. The molecule has 0 aliphatic carbocycles. The van der Waals surface area contributed by atoms with Crippen LogP contribution < -0.4 is 10.6 Å². The first-order chi connectivity index (χ1) is 9.39. The fourth-order valence-corrected chi connectivity index (χ4v) is 2.17. The third kappa shape index (κ3) is 3.56. The average Bonchev–Trinajstić information content (AvgIpc) is 2.36. The van der Waals surface area contributed by atoms with Crippen molar-refractivity contribution in [2.75, 3.05) is 25.0 Å². The highest BCUT2D eigenvalue weighted by molar-refractivity contribution is 9.10. The SMILES string of the molecule is CC1(OCC(=O)Nc2ccc(Br)cc2C(=O)O)CNC1. The van der Waals surface area contributed by atoms with Crippen LogP contribution in [-0.2, 0) is 9.53 Å². The van der Waals surface area contributed by atoms with Gasteiger partial charge in [-0.1, -0.05) is 15.9 Å². The molecule has 0 saturated carbocycles. The van der Waals surface area contributed by atoms with Crippen LogP contribution in [0.15, 0.2) is 22.7 Å². The van der Waals surface area contributed by atoms with Gasteiger partial charge in [-0.25, -0.2) is 4.79 Å². The molecular weight excluding hydrogens is 328 g/mol. The van der Waals surface area contributed by atoms with Crippen LogP contribution >= 0.6 is 15.9 Å². The summed E-state index contributed by atoms with van der Waals surface area (Å²) in [5, 5.41) is 14.7. The second-order valence-corrected chi connectivity index (χ2v) is 5.80. The van der Waals surface area contributed by atoms with E-state index >= 15 is 0 Å². The summed E-state index contributed by atoms with van der Waals surface area (Å²) >= 11 is 3.20. The largest absolute Gasteiger partial charge is 0.478 e. The number of hydrogen-bond donors (Lipinski definition) is 3. The van der Waals surface area contributed by atoms with Gasteiger partial charge in [-0.2, -0.15) is 0 Å². The Hall–Kier alpha value is -1.44. The van der Waals surface area contributed by atoms with Crippen LogP contribution in [0.5, 0.6) is 0 Å². The lowest BCUT2D eigenvalue weighted by atomic mass is 10.0. The van der Waals surface area contributed by atoms with Gasteiger partial charge in [0.1, 0.15) is 6.61 Å². The van der Waals surface area contributed by atoms with Crippen molar-refractivity contribution in [2.45, 2.75) is 12.5 Å². The molecule has 0 unspecified atom stereocenters. The average molecular weight is 343 g/mol. The summed E-state index contributed by atoms with van der Waals surface area (Å²) in [6.45, 7) is 3.23. The maximum atomic E-state index is 11.8. The molecule has 0 bridgehead atoms. The van der Waals surface area contributed by atoms with Crippen molar-refractivity contribution in [2.24, 2.45) is 0 Å². The highest BCUT2D eigenvalue weighted by atomic mass is 79.9. The van der Waals surface area contributed by atoms with E-state index in [1.54, 1.807) is 6.07 Å². The number of nitrogens with one attached hydrogen (secondary N) is 2. The highest BCUT2D eigenvalue weighted by Gasteiger charge is 2.33. The van der Waals surface area contributed by atoms with E-state index < -0.39 is 5.97 Å². The maximum absolute atomic E-state index is 11.8. The van der Waals surface area contributed by atoms with Crippen LogP contribution in [0.2, 0.25) is 0 Å². The number of amides is 1. The number of halogens is 1. The number of anilines is 1. The fraction of sp³-hybridized carbons (Fsp3) is 0.385. The Kier molecular flexibility index (Phi) is 4.42. The molecule has 3 N–H and O–H groups in total. The fourth-order valence-electron chi connectivity index (χ4n) is 1.81. The Morgan fingerprint density at radius 3 is 2.75 bits per heavy atom. The third-order valence-corrected chi connectivity index (χ3v) is 3.53. The van der Waals surface area contributed by atoms with E-state index in [1.807, 2.05) is 6.92 Å². The molecule has 20 heavy (non-hydrogen) atoms. The van der Waals surface area contributed by atoms with E-state index in [0.717, 1.165) is 0 Å². The van der Waals surface area contributed by atoms with E-state index in [9.17, 15) is 9.59 Å². The van der Waals surface area contributed by atoms with Crippen molar-refractivity contribution in [1.29, 1.82) is 0 Å². The minimum atomic E-state index is -1.10. The molecule has 7 heteroatoms. The molecule has 1 heterocycles. The van der Waals surface area contributed by atoms with E-state index in [-0.39, 0.29) is 29.4 Å². The Morgan fingerprint density at radius 2 is 2.20 bits per heavy atom. The standard InChI is InChI=1S/C13H15BrN2O4/c1-13(6-15-7-13)20-5-11(17)16-10-3-2-8(14)4-9(10)12(18)19/h2-4,15H,5-7H2,1H3,(H,16,17)(H,18,19). The van der Waals surface area contributed by atoms with Gasteiger partial charge in [0.2, 0.25) is 5.91 Å². The second kappa shape index (κ2) is 5.90. The zero-order valence-electron chi connectivity index (χ0n) is 10.9. The van der Waals surface area contributed by atoms with Crippen LogP contribution in [0, 0.1) is 0 Å². The second-order valence-electron chi connectivity index (χ2n) is 4.89. The minimum absolute atomic E-state index is 0.0317. The van der Waals surface area contributed by atoms with Crippen molar-refractivity contribution in [1.82, 2.24) is 5.32 Å². The number of carboxylic acids is 1. The van der Waals surface area contributed by atoms with Crippen LogP contribution in [-0.4, -0.2) is 42.3 Å². The van der Waals surface area contributed by atoms with E-state index in [0.29, 0.717) is 17.6 Å². The number of rotatable bonds is 5. The highest BCUT2D eigenvalue weighted by Crippen LogP contribution is 2.21. The Balaban J connectivity index is 1.98. The molecule has 1 aliphatic heterocycles. The Morgan fingerprint density at radius 1 is 1.50 bits per heavy atom. The summed E-state index contributed by atoms with van der Waals surface area (Å²) in [5.41, 5.74) is -0.0254. The summed E-state index contributed by atoms with van der Waals surface area (Å²) in [7, 11) is 0. The zero-order chi connectivity index (χ0) is 14.8. The smallest absolute Gasteiger partial charge is 0.337 e. The van der Waals surface area contributed by atoms with E-state index in [1.165, 1.54) is 12.1 Å². The van der Waals surface area contributed by atoms with Gasteiger partial charge in [0.15, 0.2) is 0 Å². The molecular formula is C13H15BrN2O4. The molecule has 1 aromatic carbocycles. The lowest BCUT2D eigenvalue weighted by Crippen LogP contribution is -2.59. The van der Waals surface area contributed by atoms with Gasteiger partial charge >= 0.3 is 5.97 Å². The molecule has 108 valence electrons. The summed E-state index contributed by atoms with van der Waals surface area (Å²) in [5.74, 6) is -1.47. The predicted octanol–water partition coefficient (Wildman–Crippen LogP) is 1.46. The molecule has 1 aromatic rings. The molecule has 6 nitrogen and oxygen atoms in total. The molecule has 1 aliphatic rings. The van der Waals surface area contributed by atoms with Crippen molar-refractivity contribution in [3.8, 4) is 0 Å². The quantitative estimate of drug-likeness (QED) is 0.754. The van der Waals surface area contributed by atoms with Crippen molar-refractivity contribution in [3.05, 3.63) is 28.2 Å². The molecule has 0 aromatic heterocycles. The zero-order valence-corrected chi connectivity index (χ0v) is 12.5.